The van der Waals surface area contributed by atoms with Gasteiger partial charge < -0.3 is 9.47 Å². The van der Waals surface area contributed by atoms with E-state index < -0.39 is 9.84 Å². The first-order chi connectivity index (χ1) is 9.43. The third kappa shape index (κ3) is 4.52. The van der Waals surface area contributed by atoms with Gasteiger partial charge in [-0.1, -0.05) is 6.92 Å². The van der Waals surface area contributed by atoms with Crippen LogP contribution in [0.25, 0.3) is 0 Å². The van der Waals surface area contributed by atoms with Gasteiger partial charge in [0.1, 0.15) is 9.84 Å². The van der Waals surface area contributed by atoms with Gasteiger partial charge in [-0.3, -0.25) is 4.79 Å². The molecule has 0 heterocycles. The topological polar surface area (TPSA) is 69.7 Å². The molecule has 0 fully saturated rings. The van der Waals surface area contributed by atoms with Crippen LogP contribution in [-0.4, -0.2) is 39.9 Å². The number of carbonyl (C=O) groups excluding carboxylic acids is 1. The van der Waals surface area contributed by atoms with E-state index in [0.717, 1.165) is 0 Å². The minimum atomic E-state index is -3.02. The first kappa shape index (κ1) is 16.5. The molecule has 1 rings (SSSR count). The van der Waals surface area contributed by atoms with E-state index in [2.05, 4.69) is 0 Å². The summed E-state index contributed by atoms with van der Waals surface area (Å²) in [4.78, 5) is 12.0. The number of methoxy groups -OCH3 is 2. The van der Waals surface area contributed by atoms with Crippen LogP contribution in [0.2, 0.25) is 0 Å². The second-order valence-corrected chi connectivity index (χ2v) is 6.81. The zero-order valence-electron chi connectivity index (χ0n) is 12.0. The Kier molecular flexibility index (Phi) is 6.01. The van der Waals surface area contributed by atoms with Gasteiger partial charge in [0.05, 0.1) is 20.0 Å². The molecule has 0 aliphatic heterocycles. The summed E-state index contributed by atoms with van der Waals surface area (Å²) in [6, 6.07) is 4.92. The molecule has 0 saturated carbocycles. The number of hydrogen-bond donors (Lipinski definition) is 0. The highest BCUT2D eigenvalue weighted by Gasteiger charge is 2.13. The van der Waals surface area contributed by atoms with Crippen LogP contribution < -0.4 is 9.47 Å². The van der Waals surface area contributed by atoms with Gasteiger partial charge in [-0.05, 0) is 24.6 Å². The van der Waals surface area contributed by atoms with E-state index in [4.69, 9.17) is 9.47 Å². The molecule has 112 valence electrons. The van der Waals surface area contributed by atoms with Gasteiger partial charge in [-0.15, -0.1) is 0 Å². The lowest BCUT2D eigenvalue weighted by molar-refractivity contribution is 0.0981. The van der Waals surface area contributed by atoms with Crippen molar-refractivity contribution >= 4 is 15.6 Å². The van der Waals surface area contributed by atoms with Crippen molar-refractivity contribution in [3.05, 3.63) is 23.8 Å². The lowest BCUT2D eigenvalue weighted by Gasteiger charge is -2.09. The maximum atomic E-state index is 12.0. The van der Waals surface area contributed by atoms with Gasteiger partial charge in [-0.2, -0.15) is 0 Å². The zero-order valence-corrected chi connectivity index (χ0v) is 12.8. The minimum Gasteiger partial charge on any atom is -0.493 e. The molecule has 1 aromatic rings. The summed E-state index contributed by atoms with van der Waals surface area (Å²) in [7, 11) is 0.00495. The summed E-state index contributed by atoms with van der Waals surface area (Å²) in [5, 5.41) is 0. The summed E-state index contributed by atoms with van der Waals surface area (Å²) in [5.41, 5.74) is 0.497. The molecule has 20 heavy (non-hydrogen) atoms. The average Bonchev–Trinajstić information content (AvgIpc) is 2.46. The summed E-state index contributed by atoms with van der Waals surface area (Å²) in [6.07, 6.45) is 0.540. The Balaban J connectivity index is 2.69. The molecular weight excluding hydrogens is 280 g/mol. The predicted molar refractivity (Wildman–Crippen MR) is 77.4 cm³/mol. The molecule has 0 aromatic heterocycles. The van der Waals surface area contributed by atoms with Crippen molar-refractivity contribution < 1.29 is 22.7 Å². The first-order valence-corrected chi connectivity index (χ1v) is 8.21. The maximum Gasteiger partial charge on any atom is 0.163 e. The van der Waals surface area contributed by atoms with Crippen molar-refractivity contribution in [1.29, 1.82) is 0 Å². The highest BCUT2D eigenvalue weighted by molar-refractivity contribution is 7.91. The van der Waals surface area contributed by atoms with E-state index in [1.807, 2.05) is 0 Å². The molecule has 0 spiro atoms. The third-order valence-electron chi connectivity index (χ3n) is 3.00. The molecule has 0 amide bonds. The van der Waals surface area contributed by atoms with E-state index in [9.17, 15) is 13.2 Å². The van der Waals surface area contributed by atoms with E-state index >= 15 is 0 Å². The smallest absolute Gasteiger partial charge is 0.163 e. The second kappa shape index (κ2) is 7.28. The number of carbonyl (C=O) groups is 1. The minimum absolute atomic E-state index is 0.0442. The van der Waals surface area contributed by atoms with E-state index in [1.165, 1.54) is 14.2 Å². The summed E-state index contributed by atoms with van der Waals surface area (Å²) < 4.78 is 32.9. The number of ether oxygens (including phenoxy) is 2. The Hall–Kier alpha value is -1.56. The Morgan fingerprint density at radius 3 is 2.35 bits per heavy atom. The SMILES string of the molecule is CCS(=O)(=O)CCCC(=O)c1ccc(OC)c(OC)c1. The molecule has 0 aliphatic carbocycles. The number of Topliss-reactive ketones (excluding diaryl/α,β-unsaturated/α-hetero) is 1. The number of benzene rings is 1. The summed E-state index contributed by atoms with van der Waals surface area (Å²) >= 11 is 0. The van der Waals surface area contributed by atoms with Crippen LogP contribution in [-0.2, 0) is 9.84 Å². The molecule has 0 N–H and O–H groups in total. The van der Waals surface area contributed by atoms with Crippen LogP contribution in [0.15, 0.2) is 18.2 Å². The summed E-state index contributed by atoms with van der Waals surface area (Å²) in [6.45, 7) is 1.60. The molecule has 0 atom stereocenters. The Morgan fingerprint density at radius 1 is 1.15 bits per heavy atom. The van der Waals surface area contributed by atoms with Gasteiger partial charge in [0.15, 0.2) is 17.3 Å². The van der Waals surface area contributed by atoms with Gasteiger partial charge >= 0.3 is 0 Å². The lowest BCUT2D eigenvalue weighted by atomic mass is 10.1. The van der Waals surface area contributed by atoms with Crippen molar-refractivity contribution in [2.24, 2.45) is 0 Å². The van der Waals surface area contributed by atoms with Gasteiger partial charge in [0.25, 0.3) is 0 Å². The molecule has 1 aromatic carbocycles. The summed E-state index contributed by atoms with van der Waals surface area (Å²) in [5.74, 6) is 1.09. The van der Waals surface area contributed by atoms with Crippen molar-refractivity contribution in [3.8, 4) is 11.5 Å². The van der Waals surface area contributed by atoms with E-state index in [1.54, 1.807) is 25.1 Å². The zero-order chi connectivity index (χ0) is 15.2. The monoisotopic (exact) mass is 300 g/mol. The van der Waals surface area contributed by atoms with Crippen LogP contribution in [0.5, 0.6) is 11.5 Å². The van der Waals surface area contributed by atoms with Crippen LogP contribution in [0.4, 0.5) is 0 Å². The fourth-order valence-corrected chi connectivity index (χ4v) is 2.62. The highest BCUT2D eigenvalue weighted by Crippen LogP contribution is 2.28. The van der Waals surface area contributed by atoms with Crippen molar-refractivity contribution in [3.63, 3.8) is 0 Å². The fraction of sp³-hybridized carbons (Fsp3) is 0.500. The Bertz CT molecular complexity index is 563. The van der Waals surface area contributed by atoms with E-state index in [-0.39, 0.29) is 23.7 Å². The van der Waals surface area contributed by atoms with Crippen LogP contribution in [0, 0.1) is 0 Å². The van der Waals surface area contributed by atoms with Gasteiger partial charge in [-0.25, -0.2) is 8.42 Å². The Morgan fingerprint density at radius 2 is 1.80 bits per heavy atom. The first-order valence-electron chi connectivity index (χ1n) is 6.39. The Labute approximate surface area is 119 Å². The van der Waals surface area contributed by atoms with Crippen molar-refractivity contribution in [2.75, 3.05) is 25.7 Å². The molecule has 0 unspecified atom stereocenters. The molecule has 0 bridgehead atoms. The average molecular weight is 300 g/mol. The molecule has 0 radical (unpaired) electrons. The predicted octanol–water partition coefficient (Wildman–Crippen LogP) is 2.10. The normalized spacial score (nSPS) is 11.2. The van der Waals surface area contributed by atoms with Crippen LogP contribution in [0.3, 0.4) is 0 Å². The largest absolute Gasteiger partial charge is 0.493 e. The lowest BCUT2D eigenvalue weighted by Crippen LogP contribution is -2.10. The third-order valence-corrected chi connectivity index (χ3v) is 4.79. The van der Waals surface area contributed by atoms with Crippen molar-refractivity contribution in [1.82, 2.24) is 0 Å². The quantitative estimate of drug-likeness (QED) is 0.688. The number of sulfone groups is 1. The van der Waals surface area contributed by atoms with Crippen LogP contribution >= 0.6 is 0 Å². The molecule has 0 saturated heterocycles. The van der Waals surface area contributed by atoms with Gasteiger partial charge in [0, 0.05) is 17.7 Å². The molecule has 0 aliphatic rings. The second-order valence-electron chi connectivity index (χ2n) is 4.33. The number of ketones is 1. The standard InChI is InChI=1S/C14H20O5S/c1-4-20(16,17)9-5-6-12(15)11-7-8-13(18-2)14(10-11)19-3/h7-8,10H,4-6,9H2,1-3H3. The number of rotatable bonds is 8. The van der Waals surface area contributed by atoms with Crippen LogP contribution in [0.1, 0.15) is 30.1 Å². The van der Waals surface area contributed by atoms with Gasteiger partial charge in [0.2, 0.25) is 0 Å². The van der Waals surface area contributed by atoms with E-state index in [0.29, 0.717) is 23.5 Å². The number of hydrogen-bond acceptors (Lipinski definition) is 5. The molecule has 5 nitrogen and oxygen atoms in total. The molecule has 6 heteroatoms. The fourth-order valence-electron chi connectivity index (χ4n) is 1.75. The van der Waals surface area contributed by atoms with Crippen molar-refractivity contribution in [2.45, 2.75) is 19.8 Å². The highest BCUT2D eigenvalue weighted by atomic mass is 32.2. The maximum absolute atomic E-state index is 12.0. The molecular formula is C14H20O5S.